The van der Waals surface area contributed by atoms with Crippen LogP contribution in [0.2, 0.25) is 0 Å². The van der Waals surface area contributed by atoms with E-state index in [1.54, 1.807) is 19.1 Å². The molecule has 0 radical (unpaired) electrons. The molecule has 4 nitrogen and oxygen atoms in total. The molecule has 0 fully saturated rings. The van der Waals surface area contributed by atoms with Crippen LogP contribution in [-0.2, 0) is 5.88 Å². The minimum absolute atomic E-state index is 0.208. The molecule has 0 aliphatic carbocycles. The maximum Gasteiger partial charge on any atom is 0.287 e. The number of amides is 1. The van der Waals surface area contributed by atoms with Gasteiger partial charge in [-0.2, -0.15) is 0 Å². The Morgan fingerprint density at radius 1 is 1.33 bits per heavy atom. The molecule has 112 valence electrons. The van der Waals surface area contributed by atoms with Crippen LogP contribution in [0.1, 0.15) is 23.2 Å². The fourth-order valence-corrected chi connectivity index (χ4v) is 1.83. The predicted octanol–water partition coefficient (Wildman–Crippen LogP) is 3.35. The van der Waals surface area contributed by atoms with Crippen LogP contribution in [0.3, 0.4) is 0 Å². The van der Waals surface area contributed by atoms with Crippen LogP contribution in [-0.4, -0.2) is 18.6 Å². The van der Waals surface area contributed by atoms with Gasteiger partial charge in [-0.05, 0) is 43.3 Å². The molecule has 1 N–H and O–H groups in total. The molecule has 1 atom stereocenters. The van der Waals surface area contributed by atoms with Crippen molar-refractivity contribution in [2.45, 2.75) is 18.9 Å². The lowest BCUT2D eigenvalue weighted by atomic mass is 10.3. The van der Waals surface area contributed by atoms with E-state index in [1.165, 1.54) is 24.3 Å². The fourth-order valence-electron chi connectivity index (χ4n) is 1.68. The number of carbonyl (C=O) groups excluding carboxylic acids is 1. The summed E-state index contributed by atoms with van der Waals surface area (Å²) in [5.74, 6) is 0.854. The number of furan rings is 1. The number of nitrogens with one attached hydrogen (secondary N) is 1. The van der Waals surface area contributed by atoms with E-state index in [0.29, 0.717) is 18.1 Å². The zero-order chi connectivity index (χ0) is 15.2. The van der Waals surface area contributed by atoms with Gasteiger partial charge in [0.2, 0.25) is 0 Å². The van der Waals surface area contributed by atoms with Crippen molar-refractivity contribution < 1.29 is 18.3 Å². The first-order valence-corrected chi connectivity index (χ1v) is 6.97. The van der Waals surface area contributed by atoms with E-state index in [0.717, 1.165) is 0 Å². The van der Waals surface area contributed by atoms with Gasteiger partial charge in [-0.25, -0.2) is 4.39 Å². The standard InChI is InChI=1S/C15H15ClFNO3/c1-10(20-12-4-2-11(17)3-5-12)9-18-15(19)14-7-6-13(8-16)21-14/h2-7,10H,8-9H2,1H3,(H,18,19). The van der Waals surface area contributed by atoms with Crippen molar-refractivity contribution in [3.8, 4) is 5.75 Å². The number of benzene rings is 1. The van der Waals surface area contributed by atoms with E-state index in [9.17, 15) is 9.18 Å². The Morgan fingerprint density at radius 3 is 2.67 bits per heavy atom. The number of ether oxygens (including phenoxy) is 1. The number of alkyl halides is 1. The highest BCUT2D eigenvalue weighted by Crippen LogP contribution is 2.13. The molecule has 0 spiro atoms. The average Bonchev–Trinajstić information content (AvgIpc) is 2.96. The number of carbonyl (C=O) groups is 1. The van der Waals surface area contributed by atoms with Gasteiger partial charge in [-0.1, -0.05) is 0 Å². The van der Waals surface area contributed by atoms with Gasteiger partial charge < -0.3 is 14.5 Å². The maximum absolute atomic E-state index is 12.8. The van der Waals surface area contributed by atoms with Gasteiger partial charge in [-0.15, -0.1) is 11.6 Å². The van der Waals surface area contributed by atoms with E-state index in [2.05, 4.69) is 5.32 Å². The molecule has 1 heterocycles. The van der Waals surface area contributed by atoms with Crippen molar-refractivity contribution in [1.82, 2.24) is 5.32 Å². The summed E-state index contributed by atoms with van der Waals surface area (Å²) in [6.45, 7) is 2.10. The molecule has 0 saturated heterocycles. The first kappa shape index (κ1) is 15.4. The topological polar surface area (TPSA) is 51.5 Å². The minimum Gasteiger partial charge on any atom is -0.489 e. The number of hydrogen-bond acceptors (Lipinski definition) is 3. The first-order chi connectivity index (χ1) is 10.1. The van der Waals surface area contributed by atoms with Crippen molar-refractivity contribution in [3.63, 3.8) is 0 Å². The van der Waals surface area contributed by atoms with E-state index in [1.807, 2.05) is 0 Å². The molecule has 6 heteroatoms. The summed E-state index contributed by atoms with van der Waals surface area (Å²) in [4.78, 5) is 11.8. The second-order valence-electron chi connectivity index (χ2n) is 4.49. The van der Waals surface area contributed by atoms with E-state index < -0.39 is 0 Å². The zero-order valence-corrected chi connectivity index (χ0v) is 12.2. The number of hydrogen-bond donors (Lipinski definition) is 1. The highest BCUT2D eigenvalue weighted by molar-refractivity contribution is 6.16. The number of rotatable bonds is 6. The van der Waals surface area contributed by atoms with Crippen molar-refractivity contribution in [2.24, 2.45) is 0 Å². The van der Waals surface area contributed by atoms with Crippen molar-refractivity contribution in [3.05, 3.63) is 53.7 Å². The van der Waals surface area contributed by atoms with Crippen LogP contribution >= 0.6 is 11.6 Å². The van der Waals surface area contributed by atoms with Crippen LogP contribution in [0, 0.1) is 5.82 Å². The zero-order valence-electron chi connectivity index (χ0n) is 11.4. The molecule has 1 unspecified atom stereocenters. The van der Waals surface area contributed by atoms with Gasteiger partial charge in [0.25, 0.3) is 5.91 Å². The molecule has 0 bridgehead atoms. The van der Waals surface area contributed by atoms with Crippen LogP contribution in [0.25, 0.3) is 0 Å². The van der Waals surface area contributed by atoms with Crippen LogP contribution in [0.15, 0.2) is 40.8 Å². The summed E-state index contributed by atoms with van der Waals surface area (Å²) in [5.41, 5.74) is 0. The summed E-state index contributed by atoms with van der Waals surface area (Å²) in [7, 11) is 0. The molecular weight excluding hydrogens is 297 g/mol. The van der Waals surface area contributed by atoms with E-state index in [4.69, 9.17) is 20.8 Å². The lowest BCUT2D eigenvalue weighted by molar-refractivity contribution is 0.0903. The Hall–Kier alpha value is -2.01. The molecule has 1 amide bonds. The third-order valence-corrected chi connectivity index (χ3v) is 2.98. The molecule has 2 rings (SSSR count). The number of halogens is 2. The minimum atomic E-state index is -0.332. The Bertz CT molecular complexity index is 597. The average molecular weight is 312 g/mol. The van der Waals surface area contributed by atoms with E-state index in [-0.39, 0.29) is 29.5 Å². The van der Waals surface area contributed by atoms with Gasteiger partial charge in [0.15, 0.2) is 5.76 Å². The van der Waals surface area contributed by atoms with Crippen LogP contribution in [0.5, 0.6) is 5.75 Å². The normalized spacial score (nSPS) is 12.0. The van der Waals surface area contributed by atoms with Crippen LogP contribution < -0.4 is 10.1 Å². The Labute approximate surface area is 126 Å². The third-order valence-electron chi connectivity index (χ3n) is 2.72. The summed E-state index contributed by atoms with van der Waals surface area (Å²) >= 11 is 5.60. The summed E-state index contributed by atoms with van der Waals surface area (Å²) in [6.07, 6.45) is -0.262. The van der Waals surface area contributed by atoms with Gasteiger partial charge in [-0.3, -0.25) is 4.79 Å². The van der Waals surface area contributed by atoms with Gasteiger partial charge >= 0.3 is 0 Å². The maximum atomic E-state index is 12.8. The van der Waals surface area contributed by atoms with E-state index >= 15 is 0 Å². The summed E-state index contributed by atoms with van der Waals surface area (Å²) in [6, 6.07) is 8.92. The van der Waals surface area contributed by atoms with Gasteiger partial charge in [0.1, 0.15) is 23.4 Å². The summed E-state index contributed by atoms with van der Waals surface area (Å²) < 4.78 is 23.5. The highest BCUT2D eigenvalue weighted by atomic mass is 35.5. The first-order valence-electron chi connectivity index (χ1n) is 6.43. The lowest BCUT2D eigenvalue weighted by Crippen LogP contribution is -2.33. The third kappa shape index (κ3) is 4.49. The molecule has 0 aliphatic heterocycles. The monoisotopic (exact) mass is 311 g/mol. The van der Waals surface area contributed by atoms with Crippen LogP contribution in [0.4, 0.5) is 4.39 Å². The van der Waals surface area contributed by atoms with Crippen molar-refractivity contribution >= 4 is 17.5 Å². The van der Waals surface area contributed by atoms with Crippen molar-refractivity contribution in [2.75, 3.05) is 6.54 Å². The molecule has 2 aromatic rings. The molecule has 1 aromatic carbocycles. The Balaban J connectivity index is 1.81. The van der Waals surface area contributed by atoms with Gasteiger partial charge in [0.05, 0.1) is 12.4 Å². The Morgan fingerprint density at radius 2 is 2.05 bits per heavy atom. The fraction of sp³-hybridized carbons (Fsp3) is 0.267. The molecule has 0 aliphatic rings. The SMILES string of the molecule is CC(CNC(=O)c1ccc(CCl)o1)Oc1ccc(F)cc1. The molecule has 0 saturated carbocycles. The smallest absolute Gasteiger partial charge is 0.287 e. The largest absolute Gasteiger partial charge is 0.489 e. The molecule has 1 aromatic heterocycles. The Kier molecular flexibility index (Phi) is 5.22. The molecular formula is C15H15ClFNO3. The highest BCUT2D eigenvalue weighted by Gasteiger charge is 2.12. The van der Waals surface area contributed by atoms with Crippen molar-refractivity contribution in [1.29, 1.82) is 0 Å². The molecule has 21 heavy (non-hydrogen) atoms. The second-order valence-corrected chi connectivity index (χ2v) is 4.76. The summed E-state index contributed by atoms with van der Waals surface area (Å²) in [5, 5.41) is 2.69. The lowest BCUT2D eigenvalue weighted by Gasteiger charge is -2.15. The second kappa shape index (κ2) is 7.13. The quantitative estimate of drug-likeness (QED) is 0.832. The van der Waals surface area contributed by atoms with Gasteiger partial charge in [0, 0.05) is 0 Å². The predicted molar refractivity (Wildman–Crippen MR) is 77.1 cm³/mol.